The molecule has 4 aromatic rings. The summed E-state index contributed by atoms with van der Waals surface area (Å²) >= 11 is 0. The first-order valence-electron chi connectivity index (χ1n) is 9.24. The van der Waals surface area contributed by atoms with Crippen LogP contribution in [0, 0.1) is 0 Å². The molecular formula is C24H22N2O2. The Morgan fingerprint density at radius 2 is 1.79 bits per heavy atom. The third kappa shape index (κ3) is 3.68. The number of phenols is 1. The zero-order valence-corrected chi connectivity index (χ0v) is 15.7. The molecule has 140 valence electrons. The molecule has 0 saturated carbocycles. The van der Waals surface area contributed by atoms with Gasteiger partial charge in [-0.1, -0.05) is 48.5 Å². The highest BCUT2D eigenvalue weighted by atomic mass is 16.5. The molecule has 0 bridgehead atoms. The van der Waals surface area contributed by atoms with Crippen LogP contribution < -0.4 is 10.1 Å². The molecule has 4 heteroatoms. The summed E-state index contributed by atoms with van der Waals surface area (Å²) in [7, 11) is 1.56. The molecule has 0 aliphatic carbocycles. The summed E-state index contributed by atoms with van der Waals surface area (Å²) in [5.41, 5.74) is 4.67. The highest BCUT2D eigenvalue weighted by Gasteiger charge is 2.08. The predicted octanol–water partition coefficient (Wildman–Crippen LogP) is 4.91. The second-order valence-corrected chi connectivity index (χ2v) is 6.67. The van der Waals surface area contributed by atoms with Crippen LogP contribution in [0.4, 0.5) is 0 Å². The number of benzene rings is 3. The van der Waals surface area contributed by atoms with Crippen LogP contribution in [0.15, 0.2) is 79.1 Å². The average molecular weight is 370 g/mol. The molecular weight excluding hydrogens is 348 g/mol. The number of aromatic nitrogens is 1. The first-order chi connectivity index (χ1) is 13.8. The molecule has 0 atom stereocenters. The average Bonchev–Trinajstić information content (AvgIpc) is 2.75. The van der Waals surface area contributed by atoms with Crippen molar-refractivity contribution in [1.29, 1.82) is 0 Å². The van der Waals surface area contributed by atoms with E-state index in [0.29, 0.717) is 12.3 Å². The van der Waals surface area contributed by atoms with Crippen LogP contribution in [-0.2, 0) is 13.1 Å². The SMILES string of the molecule is COc1cc(CNCc2ccc(-c3ccccc3)c3ccncc23)ccc1O. The molecule has 1 aromatic heterocycles. The van der Waals surface area contributed by atoms with Gasteiger partial charge in [0.25, 0.3) is 0 Å². The Morgan fingerprint density at radius 3 is 2.61 bits per heavy atom. The summed E-state index contributed by atoms with van der Waals surface area (Å²) in [6.45, 7) is 1.40. The Kier molecular flexibility index (Phi) is 5.22. The van der Waals surface area contributed by atoms with E-state index in [1.807, 2.05) is 30.6 Å². The zero-order chi connectivity index (χ0) is 19.3. The zero-order valence-electron chi connectivity index (χ0n) is 15.7. The largest absolute Gasteiger partial charge is 0.504 e. The molecule has 0 saturated heterocycles. The van der Waals surface area contributed by atoms with Gasteiger partial charge in [0.2, 0.25) is 0 Å². The lowest BCUT2D eigenvalue weighted by Gasteiger charge is -2.13. The minimum Gasteiger partial charge on any atom is -0.504 e. The molecule has 0 aliphatic rings. The number of nitrogens with zero attached hydrogens (tertiary/aromatic N) is 1. The minimum atomic E-state index is 0.153. The van der Waals surface area contributed by atoms with Crippen LogP contribution in [0.25, 0.3) is 21.9 Å². The maximum Gasteiger partial charge on any atom is 0.160 e. The van der Waals surface area contributed by atoms with Crippen molar-refractivity contribution >= 4 is 10.8 Å². The van der Waals surface area contributed by atoms with Gasteiger partial charge in [-0.05, 0) is 45.8 Å². The molecule has 0 aliphatic heterocycles. The second-order valence-electron chi connectivity index (χ2n) is 6.67. The molecule has 28 heavy (non-hydrogen) atoms. The molecule has 0 amide bonds. The summed E-state index contributed by atoms with van der Waals surface area (Å²) in [6, 6.07) is 22.2. The summed E-state index contributed by atoms with van der Waals surface area (Å²) in [5.74, 6) is 0.640. The van der Waals surface area contributed by atoms with E-state index in [1.54, 1.807) is 13.2 Å². The predicted molar refractivity (Wildman–Crippen MR) is 112 cm³/mol. The molecule has 4 rings (SSSR count). The lowest BCUT2D eigenvalue weighted by molar-refractivity contribution is 0.373. The minimum absolute atomic E-state index is 0.153. The van der Waals surface area contributed by atoms with Gasteiger partial charge in [-0.25, -0.2) is 0 Å². The highest BCUT2D eigenvalue weighted by Crippen LogP contribution is 2.30. The molecule has 1 heterocycles. The highest BCUT2D eigenvalue weighted by molar-refractivity contribution is 5.98. The van der Waals surface area contributed by atoms with Gasteiger partial charge in [0.15, 0.2) is 11.5 Å². The number of hydrogen-bond donors (Lipinski definition) is 2. The van der Waals surface area contributed by atoms with E-state index in [4.69, 9.17) is 4.74 Å². The fourth-order valence-corrected chi connectivity index (χ4v) is 3.45. The number of hydrogen-bond acceptors (Lipinski definition) is 4. The number of aromatic hydroxyl groups is 1. The summed E-state index contributed by atoms with van der Waals surface area (Å²) < 4.78 is 5.18. The van der Waals surface area contributed by atoms with E-state index in [9.17, 15) is 5.11 Å². The number of rotatable bonds is 6. The fourth-order valence-electron chi connectivity index (χ4n) is 3.45. The fraction of sp³-hybridized carbons (Fsp3) is 0.125. The van der Waals surface area contributed by atoms with Crippen molar-refractivity contribution in [1.82, 2.24) is 10.3 Å². The van der Waals surface area contributed by atoms with Gasteiger partial charge < -0.3 is 15.2 Å². The van der Waals surface area contributed by atoms with Gasteiger partial charge in [0.05, 0.1) is 7.11 Å². The molecule has 0 spiro atoms. The van der Waals surface area contributed by atoms with Crippen LogP contribution in [0.1, 0.15) is 11.1 Å². The Morgan fingerprint density at radius 1 is 0.929 bits per heavy atom. The number of methoxy groups -OCH3 is 1. The van der Waals surface area contributed by atoms with Gasteiger partial charge >= 0.3 is 0 Å². The number of nitrogens with one attached hydrogen (secondary N) is 1. The Labute approximate surface area is 164 Å². The van der Waals surface area contributed by atoms with E-state index in [2.05, 4.69) is 52.8 Å². The van der Waals surface area contributed by atoms with Crippen molar-refractivity contribution in [2.24, 2.45) is 0 Å². The monoisotopic (exact) mass is 370 g/mol. The number of pyridine rings is 1. The Bertz CT molecular complexity index is 1090. The molecule has 2 N–H and O–H groups in total. The number of ether oxygens (including phenoxy) is 1. The molecule has 3 aromatic carbocycles. The number of phenolic OH excluding ortho intramolecular Hbond substituents is 1. The smallest absolute Gasteiger partial charge is 0.160 e. The van der Waals surface area contributed by atoms with E-state index < -0.39 is 0 Å². The quantitative estimate of drug-likeness (QED) is 0.507. The molecule has 0 radical (unpaired) electrons. The molecule has 0 unspecified atom stereocenters. The van der Waals surface area contributed by atoms with Crippen molar-refractivity contribution in [3.05, 3.63) is 90.3 Å². The van der Waals surface area contributed by atoms with Gasteiger partial charge in [0, 0.05) is 30.9 Å². The van der Waals surface area contributed by atoms with Crippen molar-refractivity contribution < 1.29 is 9.84 Å². The van der Waals surface area contributed by atoms with Crippen LogP contribution in [0.2, 0.25) is 0 Å². The summed E-state index contributed by atoms with van der Waals surface area (Å²) in [4.78, 5) is 4.33. The maximum atomic E-state index is 9.72. The Balaban J connectivity index is 1.57. The summed E-state index contributed by atoms with van der Waals surface area (Å²) in [5, 5.41) is 15.6. The lowest BCUT2D eigenvalue weighted by atomic mass is 9.96. The van der Waals surface area contributed by atoms with Crippen molar-refractivity contribution in [3.8, 4) is 22.6 Å². The normalized spacial score (nSPS) is 10.9. The van der Waals surface area contributed by atoms with Gasteiger partial charge in [-0.3, -0.25) is 4.98 Å². The Hall–Kier alpha value is -3.37. The molecule has 0 fully saturated rings. The third-order valence-electron chi connectivity index (χ3n) is 4.88. The van der Waals surface area contributed by atoms with Crippen LogP contribution in [-0.4, -0.2) is 17.2 Å². The van der Waals surface area contributed by atoms with Crippen molar-refractivity contribution in [2.75, 3.05) is 7.11 Å². The van der Waals surface area contributed by atoms with Crippen LogP contribution in [0.3, 0.4) is 0 Å². The first kappa shape index (κ1) is 18.0. The van der Waals surface area contributed by atoms with Crippen molar-refractivity contribution in [3.63, 3.8) is 0 Å². The van der Waals surface area contributed by atoms with Gasteiger partial charge in [-0.2, -0.15) is 0 Å². The third-order valence-corrected chi connectivity index (χ3v) is 4.88. The van der Waals surface area contributed by atoms with E-state index in [1.165, 1.54) is 22.1 Å². The van der Waals surface area contributed by atoms with Gasteiger partial charge in [-0.15, -0.1) is 0 Å². The van der Waals surface area contributed by atoms with Crippen LogP contribution >= 0.6 is 0 Å². The molecule has 4 nitrogen and oxygen atoms in total. The van der Waals surface area contributed by atoms with E-state index in [0.717, 1.165) is 17.5 Å². The number of fused-ring (bicyclic) bond motifs is 1. The topological polar surface area (TPSA) is 54.4 Å². The van der Waals surface area contributed by atoms with Crippen LogP contribution in [0.5, 0.6) is 11.5 Å². The maximum absolute atomic E-state index is 9.72. The first-order valence-corrected chi connectivity index (χ1v) is 9.24. The van der Waals surface area contributed by atoms with E-state index >= 15 is 0 Å². The lowest BCUT2D eigenvalue weighted by Crippen LogP contribution is -2.13. The van der Waals surface area contributed by atoms with Crippen molar-refractivity contribution in [2.45, 2.75) is 13.1 Å². The van der Waals surface area contributed by atoms with Gasteiger partial charge in [0.1, 0.15) is 0 Å². The second kappa shape index (κ2) is 8.11. The van der Waals surface area contributed by atoms with E-state index in [-0.39, 0.29) is 5.75 Å². The standard InChI is InChI=1S/C24H22N2O2/c1-28-24-13-17(7-10-23(24)27)14-26-15-19-8-9-20(18-5-3-2-4-6-18)21-11-12-25-16-22(19)21/h2-13,16,26-27H,14-15H2,1H3. The summed E-state index contributed by atoms with van der Waals surface area (Å²) in [6.07, 6.45) is 3.77.